The van der Waals surface area contributed by atoms with E-state index in [1.807, 2.05) is 37.3 Å². The molecule has 0 aromatic heterocycles. The second-order valence-corrected chi connectivity index (χ2v) is 3.94. The number of aliphatic hydroxyl groups is 1. The second kappa shape index (κ2) is 7.45. The van der Waals surface area contributed by atoms with Gasteiger partial charge in [0.1, 0.15) is 0 Å². The molecule has 0 radical (unpaired) electrons. The van der Waals surface area contributed by atoms with E-state index in [1.165, 1.54) is 0 Å². The third-order valence-corrected chi connectivity index (χ3v) is 2.47. The van der Waals surface area contributed by atoms with Gasteiger partial charge >= 0.3 is 11.8 Å². The molecule has 0 spiro atoms. The van der Waals surface area contributed by atoms with Crippen molar-refractivity contribution < 1.29 is 14.7 Å². The van der Waals surface area contributed by atoms with Crippen molar-refractivity contribution in [1.82, 2.24) is 10.6 Å². The Morgan fingerprint density at radius 2 is 1.89 bits per heavy atom. The van der Waals surface area contributed by atoms with Crippen molar-refractivity contribution in [2.45, 2.75) is 19.4 Å². The van der Waals surface area contributed by atoms with Gasteiger partial charge in [-0.05, 0) is 18.9 Å². The molecule has 0 fully saturated rings. The van der Waals surface area contributed by atoms with E-state index in [2.05, 4.69) is 10.6 Å². The van der Waals surface area contributed by atoms with Gasteiger partial charge in [-0.1, -0.05) is 30.3 Å². The number of carbonyl (C=O) groups is 2. The fraction of sp³-hybridized carbons (Fsp3) is 0.385. The molecule has 0 saturated carbocycles. The molecule has 1 atom stereocenters. The Hall–Kier alpha value is -1.88. The number of carbonyl (C=O) groups excluding carboxylic acids is 2. The smallest absolute Gasteiger partial charge is 0.309 e. The second-order valence-electron chi connectivity index (χ2n) is 3.94. The molecule has 0 aliphatic rings. The van der Waals surface area contributed by atoms with Gasteiger partial charge in [-0.2, -0.15) is 0 Å². The highest BCUT2D eigenvalue weighted by Crippen LogP contribution is 2.10. The van der Waals surface area contributed by atoms with Crippen LogP contribution in [0, 0.1) is 0 Å². The Labute approximate surface area is 106 Å². The van der Waals surface area contributed by atoms with Gasteiger partial charge in [0, 0.05) is 13.2 Å². The minimum Gasteiger partial charge on any atom is -0.396 e. The Morgan fingerprint density at radius 1 is 1.22 bits per heavy atom. The molecule has 0 aliphatic carbocycles. The topological polar surface area (TPSA) is 78.4 Å². The lowest BCUT2D eigenvalue weighted by Crippen LogP contribution is -2.41. The van der Waals surface area contributed by atoms with Crippen LogP contribution in [0.4, 0.5) is 0 Å². The van der Waals surface area contributed by atoms with Crippen LogP contribution >= 0.6 is 0 Å². The number of benzene rings is 1. The van der Waals surface area contributed by atoms with Crippen LogP contribution in [0.1, 0.15) is 24.9 Å². The lowest BCUT2D eigenvalue weighted by Gasteiger charge is -2.13. The monoisotopic (exact) mass is 250 g/mol. The molecule has 0 saturated heterocycles. The average Bonchev–Trinajstić information content (AvgIpc) is 2.39. The summed E-state index contributed by atoms with van der Waals surface area (Å²) in [5, 5.41) is 13.6. The van der Waals surface area contributed by atoms with Crippen LogP contribution in [-0.2, 0) is 9.59 Å². The van der Waals surface area contributed by atoms with Crippen LogP contribution in [0.15, 0.2) is 30.3 Å². The number of rotatable bonds is 5. The van der Waals surface area contributed by atoms with E-state index in [-0.39, 0.29) is 12.6 Å². The van der Waals surface area contributed by atoms with Crippen molar-refractivity contribution >= 4 is 11.8 Å². The maximum absolute atomic E-state index is 11.5. The van der Waals surface area contributed by atoms with E-state index in [9.17, 15) is 9.59 Å². The number of aliphatic hydroxyl groups excluding tert-OH is 1. The van der Waals surface area contributed by atoms with E-state index < -0.39 is 11.8 Å². The zero-order chi connectivity index (χ0) is 13.4. The van der Waals surface area contributed by atoms with E-state index in [0.717, 1.165) is 5.56 Å². The summed E-state index contributed by atoms with van der Waals surface area (Å²) >= 11 is 0. The highest BCUT2D eigenvalue weighted by molar-refractivity contribution is 6.35. The van der Waals surface area contributed by atoms with Gasteiger partial charge in [0.05, 0.1) is 6.04 Å². The molecule has 5 heteroatoms. The third-order valence-electron chi connectivity index (χ3n) is 2.47. The summed E-state index contributed by atoms with van der Waals surface area (Å²) in [6.45, 7) is 2.10. The average molecular weight is 250 g/mol. The lowest BCUT2D eigenvalue weighted by atomic mass is 10.1. The van der Waals surface area contributed by atoms with Gasteiger partial charge in [0.2, 0.25) is 0 Å². The molecule has 18 heavy (non-hydrogen) atoms. The van der Waals surface area contributed by atoms with Crippen molar-refractivity contribution in [3.8, 4) is 0 Å². The van der Waals surface area contributed by atoms with Crippen LogP contribution in [0.3, 0.4) is 0 Å². The van der Waals surface area contributed by atoms with Crippen molar-refractivity contribution in [3.05, 3.63) is 35.9 Å². The van der Waals surface area contributed by atoms with Gasteiger partial charge in [0.25, 0.3) is 0 Å². The number of nitrogens with one attached hydrogen (secondary N) is 2. The van der Waals surface area contributed by atoms with E-state index >= 15 is 0 Å². The standard InChI is InChI=1S/C13H18N2O3/c1-10(11-6-3-2-4-7-11)15-13(18)12(17)14-8-5-9-16/h2-4,6-7,10,16H,5,8-9H2,1H3,(H,14,17)(H,15,18)/t10-/m1/s1. The first-order valence-corrected chi connectivity index (χ1v) is 5.89. The first kappa shape index (κ1) is 14.2. The van der Waals surface area contributed by atoms with Gasteiger partial charge in [-0.15, -0.1) is 0 Å². The number of hydrogen-bond donors (Lipinski definition) is 3. The predicted molar refractivity (Wildman–Crippen MR) is 67.7 cm³/mol. The van der Waals surface area contributed by atoms with Crippen molar-refractivity contribution in [2.75, 3.05) is 13.2 Å². The fourth-order valence-corrected chi connectivity index (χ4v) is 1.45. The predicted octanol–water partition coefficient (Wildman–Crippen LogP) is 0.362. The molecule has 0 bridgehead atoms. The van der Waals surface area contributed by atoms with Crippen LogP contribution in [0.5, 0.6) is 0 Å². The van der Waals surface area contributed by atoms with E-state index in [4.69, 9.17) is 5.11 Å². The van der Waals surface area contributed by atoms with Gasteiger partial charge in [-0.3, -0.25) is 9.59 Å². The molecule has 2 amide bonds. The van der Waals surface area contributed by atoms with Gasteiger partial charge in [0.15, 0.2) is 0 Å². The summed E-state index contributed by atoms with van der Waals surface area (Å²) in [7, 11) is 0. The molecule has 98 valence electrons. The normalized spacial score (nSPS) is 11.7. The van der Waals surface area contributed by atoms with Gasteiger partial charge in [-0.25, -0.2) is 0 Å². The number of hydrogen-bond acceptors (Lipinski definition) is 3. The summed E-state index contributed by atoms with van der Waals surface area (Å²) in [4.78, 5) is 22.9. The first-order chi connectivity index (χ1) is 8.65. The van der Waals surface area contributed by atoms with E-state index in [0.29, 0.717) is 13.0 Å². The Morgan fingerprint density at radius 3 is 2.50 bits per heavy atom. The number of amides is 2. The summed E-state index contributed by atoms with van der Waals surface area (Å²) in [6.07, 6.45) is 0.438. The molecule has 0 aliphatic heterocycles. The summed E-state index contributed by atoms with van der Waals surface area (Å²) < 4.78 is 0. The Kier molecular flexibility index (Phi) is 5.87. The Bertz CT molecular complexity index is 392. The minimum absolute atomic E-state index is 0.0116. The first-order valence-electron chi connectivity index (χ1n) is 5.89. The zero-order valence-electron chi connectivity index (χ0n) is 10.3. The van der Waals surface area contributed by atoms with E-state index in [1.54, 1.807) is 0 Å². The molecular formula is C13H18N2O3. The fourth-order valence-electron chi connectivity index (χ4n) is 1.45. The van der Waals surface area contributed by atoms with Crippen molar-refractivity contribution in [3.63, 3.8) is 0 Å². The summed E-state index contributed by atoms with van der Waals surface area (Å²) in [5.74, 6) is -1.34. The van der Waals surface area contributed by atoms with Crippen LogP contribution < -0.4 is 10.6 Å². The molecule has 0 heterocycles. The quantitative estimate of drug-likeness (QED) is 0.521. The SMILES string of the molecule is C[C@@H](NC(=O)C(=O)NCCCO)c1ccccc1. The molecular weight excluding hydrogens is 232 g/mol. The molecule has 5 nitrogen and oxygen atoms in total. The Balaban J connectivity index is 2.42. The molecule has 1 aromatic rings. The van der Waals surface area contributed by atoms with Crippen LogP contribution in [0.2, 0.25) is 0 Å². The maximum Gasteiger partial charge on any atom is 0.309 e. The van der Waals surface area contributed by atoms with Crippen LogP contribution in [-0.4, -0.2) is 30.1 Å². The summed E-state index contributed by atoms with van der Waals surface area (Å²) in [6, 6.07) is 9.18. The molecule has 0 unspecified atom stereocenters. The summed E-state index contributed by atoms with van der Waals surface area (Å²) in [5.41, 5.74) is 0.939. The maximum atomic E-state index is 11.5. The zero-order valence-corrected chi connectivity index (χ0v) is 10.3. The molecule has 1 aromatic carbocycles. The largest absolute Gasteiger partial charge is 0.396 e. The highest BCUT2D eigenvalue weighted by atomic mass is 16.3. The minimum atomic E-state index is -0.675. The highest BCUT2D eigenvalue weighted by Gasteiger charge is 2.15. The van der Waals surface area contributed by atoms with Crippen molar-refractivity contribution in [1.29, 1.82) is 0 Å². The van der Waals surface area contributed by atoms with Gasteiger partial charge < -0.3 is 15.7 Å². The lowest BCUT2D eigenvalue weighted by molar-refractivity contribution is -0.139. The van der Waals surface area contributed by atoms with Crippen LogP contribution in [0.25, 0.3) is 0 Å². The van der Waals surface area contributed by atoms with Crippen molar-refractivity contribution in [2.24, 2.45) is 0 Å². The molecule has 1 rings (SSSR count). The third kappa shape index (κ3) is 4.55. The molecule has 3 N–H and O–H groups in total.